The normalized spacial score (nSPS) is 10.2. The van der Waals surface area contributed by atoms with Gasteiger partial charge in [0, 0.05) is 18.8 Å². The minimum absolute atomic E-state index is 0.154. The number of benzene rings is 1. The Balaban J connectivity index is 2.02. The molecule has 2 rings (SSSR count). The molecule has 0 bridgehead atoms. The van der Waals surface area contributed by atoms with Gasteiger partial charge in [-0.15, -0.1) is 0 Å². The number of aromatic hydroxyl groups is 1. The molecule has 0 aliphatic heterocycles. The molecule has 0 unspecified atom stereocenters. The molecule has 0 fully saturated rings. The van der Waals surface area contributed by atoms with Crippen molar-refractivity contribution in [2.75, 3.05) is 0 Å². The highest BCUT2D eigenvalue weighted by Crippen LogP contribution is 2.25. The average Bonchev–Trinajstić information content (AvgIpc) is 2.63. The van der Waals surface area contributed by atoms with Gasteiger partial charge in [-0.25, -0.2) is 0 Å². The van der Waals surface area contributed by atoms with Crippen LogP contribution in [-0.4, -0.2) is 14.9 Å². The van der Waals surface area contributed by atoms with E-state index in [2.05, 4.69) is 5.10 Å². The molecule has 0 atom stereocenters. The third-order valence-electron chi connectivity index (χ3n) is 2.02. The number of hydrogen-bond acceptors (Lipinski definition) is 3. The molecule has 1 heterocycles. The molecule has 1 aromatic heterocycles. The molecule has 0 aliphatic rings. The smallest absolute Gasteiger partial charge is 0.161 e. The van der Waals surface area contributed by atoms with Gasteiger partial charge in [0.2, 0.25) is 0 Å². The average molecular weight is 204 g/mol. The predicted molar refractivity (Wildman–Crippen MR) is 55.6 cm³/mol. The van der Waals surface area contributed by atoms with E-state index < -0.39 is 0 Å². The summed E-state index contributed by atoms with van der Waals surface area (Å²) in [4.78, 5) is 0. The molecular formula is C11H12N2O2. The van der Waals surface area contributed by atoms with Gasteiger partial charge >= 0.3 is 0 Å². The molecule has 4 heteroatoms. The van der Waals surface area contributed by atoms with Gasteiger partial charge in [0.25, 0.3) is 0 Å². The molecular weight excluding hydrogens is 192 g/mol. The van der Waals surface area contributed by atoms with E-state index in [9.17, 15) is 5.11 Å². The Morgan fingerprint density at radius 3 is 2.87 bits per heavy atom. The van der Waals surface area contributed by atoms with E-state index in [1.54, 1.807) is 29.1 Å². The number of para-hydroxylation sites is 2. The fraction of sp³-hybridized carbons (Fsp3) is 0.182. The first kappa shape index (κ1) is 9.58. The summed E-state index contributed by atoms with van der Waals surface area (Å²) in [6.45, 7) is 0.408. The predicted octanol–water partition coefficient (Wildman–Crippen LogP) is 1.70. The number of ether oxygens (including phenoxy) is 1. The van der Waals surface area contributed by atoms with Crippen molar-refractivity contribution >= 4 is 0 Å². The van der Waals surface area contributed by atoms with Gasteiger partial charge in [-0.1, -0.05) is 12.1 Å². The maximum Gasteiger partial charge on any atom is 0.161 e. The van der Waals surface area contributed by atoms with Crippen LogP contribution in [0.4, 0.5) is 0 Å². The van der Waals surface area contributed by atoms with Crippen molar-refractivity contribution in [2.24, 2.45) is 7.05 Å². The number of phenols is 1. The van der Waals surface area contributed by atoms with Crippen molar-refractivity contribution in [2.45, 2.75) is 6.61 Å². The summed E-state index contributed by atoms with van der Waals surface area (Å²) in [7, 11) is 1.85. The summed E-state index contributed by atoms with van der Waals surface area (Å²) in [6.07, 6.45) is 3.61. The second-order valence-electron chi connectivity index (χ2n) is 3.28. The maximum atomic E-state index is 9.45. The molecule has 0 aliphatic carbocycles. The van der Waals surface area contributed by atoms with Gasteiger partial charge in [0.1, 0.15) is 6.61 Å². The maximum absolute atomic E-state index is 9.45. The summed E-state index contributed by atoms with van der Waals surface area (Å²) >= 11 is 0. The summed E-state index contributed by atoms with van der Waals surface area (Å²) in [6, 6.07) is 6.90. The molecule has 4 nitrogen and oxygen atoms in total. The fourth-order valence-corrected chi connectivity index (χ4v) is 1.29. The minimum atomic E-state index is 0.154. The van der Waals surface area contributed by atoms with Crippen LogP contribution >= 0.6 is 0 Å². The van der Waals surface area contributed by atoms with Crippen LogP contribution in [0.2, 0.25) is 0 Å². The molecule has 1 N–H and O–H groups in total. The highest BCUT2D eigenvalue weighted by molar-refractivity contribution is 5.37. The summed E-state index contributed by atoms with van der Waals surface area (Å²) < 4.78 is 7.14. The first-order chi connectivity index (χ1) is 7.25. The lowest BCUT2D eigenvalue weighted by molar-refractivity contribution is 0.289. The zero-order chi connectivity index (χ0) is 10.7. The van der Waals surface area contributed by atoms with E-state index in [1.807, 2.05) is 19.3 Å². The second kappa shape index (κ2) is 4.04. The number of hydrogen-bond donors (Lipinski definition) is 1. The van der Waals surface area contributed by atoms with Crippen LogP contribution in [0, 0.1) is 0 Å². The van der Waals surface area contributed by atoms with E-state index in [-0.39, 0.29) is 5.75 Å². The number of rotatable bonds is 3. The van der Waals surface area contributed by atoms with Crippen LogP contribution in [0.5, 0.6) is 11.5 Å². The summed E-state index contributed by atoms with van der Waals surface area (Å²) in [5.41, 5.74) is 0.973. The van der Waals surface area contributed by atoms with Crippen molar-refractivity contribution in [1.82, 2.24) is 9.78 Å². The molecule has 78 valence electrons. The number of aryl methyl sites for hydroxylation is 1. The third kappa shape index (κ3) is 2.28. The quantitative estimate of drug-likeness (QED) is 0.827. The lowest BCUT2D eigenvalue weighted by atomic mass is 10.3. The van der Waals surface area contributed by atoms with Crippen molar-refractivity contribution in [3.63, 3.8) is 0 Å². The summed E-state index contributed by atoms with van der Waals surface area (Å²) in [5, 5.41) is 13.5. The zero-order valence-electron chi connectivity index (χ0n) is 8.42. The van der Waals surface area contributed by atoms with Crippen molar-refractivity contribution in [3.05, 3.63) is 42.2 Å². The Morgan fingerprint density at radius 1 is 1.40 bits per heavy atom. The lowest BCUT2D eigenvalue weighted by Gasteiger charge is -2.05. The van der Waals surface area contributed by atoms with Crippen LogP contribution in [0.3, 0.4) is 0 Å². The lowest BCUT2D eigenvalue weighted by Crippen LogP contribution is -1.94. The van der Waals surface area contributed by atoms with E-state index >= 15 is 0 Å². The first-order valence-corrected chi connectivity index (χ1v) is 4.64. The number of phenolic OH excluding ortho intramolecular Hbond substituents is 1. The number of aromatic nitrogens is 2. The second-order valence-corrected chi connectivity index (χ2v) is 3.28. The van der Waals surface area contributed by atoms with Crippen molar-refractivity contribution in [1.29, 1.82) is 0 Å². The van der Waals surface area contributed by atoms with E-state index in [0.29, 0.717) is 12.4 Å². The highest BCUT2D eigenvalue weighted by Gasteiger charge is 2.01. The fourth-order valence-electron chi connectivity index (χ4n) is 1.29. The van der Waals surface area contributed by atoms with Crippen LogP contribution in [0.25, 0.3) is 0 Å². The van der Waals surface area contributed by atoms with Gasteiger partial charge < -0.3 is 9.84 Å². The van der Waals surface area contributed by atoms with Gasteiger partial charge in [-0.2, -0.15) is 5.10 Å². The summed E-state index contributed by atoms with van der Waals surface area (Å²) in [5.74, 6) is 0.641. The first-order valence-electron chi connectivity index (χ1n) is 4.64. The monoisotopic (exact) mass is 204 g/mol. The molecule has 0 amide bonds. The number of nitrogens with zero attached hydrogens (tertiary/aromatic N) is 2. The Morgan fingerprint density at radius 2 is 2.20 bits per heavy atom. The van der Waals surface area contributed by atoms with Gasteiger partial charge in [0.15, 0.2) is 11.5 Å². The van der Waals surface area contributed by atoms with Crippen LogP contribution in [0.1, 0.15) is 5.56 Å². The third-order valence-corrected chi connectivity index (χ3v) is 2.02. The molecule has 2 aromatic rings. The standard InChI is InChI=1S/C11H12N2O2/c1-13-7-9(6-12-13)8-15-11-5-3-2-4-10(11)14/h2-7,14H,8H2,1H3. The largest absolute Gasteiger partial charge is 0.504 e. The van der Waals surface area contributed by atoms with Crippen LogP contribution < -0.4 is 4.74 Å². The van der Waals surface area contributed by atoms with Crippen LogP contribution in [0.15, 0.2) is 36.7 Å². The molecule has 0 radical (unpaired) electrons. The van der Waals surface area contributed by atoms with Gasteiger partial charge in [-0.3, -0.25) is 4.68 Å². The molecule has 15 heavy (non-hydrogen) atoms. The highest BCUT2D eigenvalue weighted by atomic mass is 16.5. The van der Waals surface area contributed by atoms with Gasteiger partial charge in [-0.05, 0) is 12.1 Å². The van der Waals surface area contributed by atoms with Crippen LogP contribution in [-0.2, 0) is 13.7 Å². The SMILES string of the molecule is Cn1cc(COc2ccccc2O)cn1. The zero-order valence-corrected chi connectivity index (χ0v) is 8.42. The van der Waals surface area contributed by atoms with Crippen molar-refractivity contribution in [3.8, 4) is 11.5 Å². The van der Waals surface area contributed by atoms with Crippen molar-refractivity contribution < 1.29 is 9.84 Å². The molecule has 1 aromatic carbocycles. The van der Waals surface area contributed by atoms with E-state index in [1.165, 1.54) is 0 Å². The minimum Gasteiger partial charge on any atom is -0.504 e. The Labute approximate surface area is 87.7 Å². The van der Waals surface area contributed by atoms with E-state index in [4.69, 9.17) is 4.74 Å². The van der Waals surface area contributed by atoms with Gasteiger partial charge in [0.05, 0.1) is 6.20 Å². The molecule has 0 spiro atoms. The topological polar surface area (TPSA) is 47.3 Å². The molecule has 0 saturated heterocycles. The van der Waals surface area contributed by atoms with E-state index in [0.717, 1.165) is 5.56 Å². The Hall–Kier alpha value is -1.97. The Bertz CT molecular complexity index is 451. The molecule has 0 saturated carbocycles. The Kier molecular flexibility index (Phi) is 2.58.